The van der Waals surface area contributed by atoms with Crippen LogP contribution < -0.4 is 10.2 Å². The third-order valence-electron chi connectivity index (χ3n) is 4.70. The van der Waals surface area contributed by atoms with Gasteiger partial charge in [-0.3, -0.25) is 4.79 Å². The van der Waals surface area contributed by atoms with E-state index in [9.17, 15) is 14.7 Å². The fourth-order valence-electron chi connectivity index (χ4n) is 3.22. The lowest BCUT2D eigenvalue weighted by Gasteiger charge is -2.25. The van der Waals surface area contributed by atoms with E-state index < -0.39 is 5.97 Å². The summed E-state index contributed by atoms with van der Waals surface area (Å²) < 4.78 is 0. The molecule has 1 amide bonds. The van der Waals surface area contributed by atoms with Crippen molar-refractivity contribution in [2.45, 2.75) is 20.4 Å². The highest BCUT2D eigenvalue weighted by molar-refractivity contribution is 6.05. The van der Waals surface area contributed by atoms with Crippen LogP contribution in [0.25, 0.3) is 0 Å². The van der Waals surface area contributed by atoms with Crippen LogP contribution in [0.2, 0.25) is 0 Å². The van der Waals surface area contributed by atoms with Crippen LogP contribution in [0.3, 0.4) is 0 Å². The first-order valence-corrected chi connectivity index (χ1v) is 9.52. The number of hydrogen-bond donors (Lipinski definition) is 2. The highest BCUT2D eigenvalue weighted by atomic mass is 16.4. The van der Waals surface area contributed by atoms with Gasteiger partial charge in [-0.2, -0.15) is 0 Å². The molecule has 2 N–H and O–H groups in total. The minimum Gasteiger partial charge on any atom is -0.478 e. The summed E-state index contributed by atoms with van der Waals surface area (Å²) in [6.45, 7) is 5.17. The number of anilines is 2. The molecule has 0 unspecified atom stereocenters. The number of benzene rings is 3. The van der Waals surface area contributed by atoms with Crippen LogP contribution in [-0.4, -0.2) is 23.5 Å². The summed E-state index contributed by atoms with van der Waals surface area (Å²) >= 11 is 0. The number of carbonyl (C=O) groups excluding carboxylic acids is 1. The third-order valence-corrected chi connectivity index (χ3v) is 4.70. The smallest absolute Gasteiger partial charge is 0.337 e. The van der Waals surface area contributed by atoms with Gasteiger partial charge >= 0.3 is 5.97 Å². The van der Waals surface area contributed by atoms with Crippen molar-refractivity contribution in [3.05, 3.63) is 95.1 Å². The Morgan fingerprint density at radius 2 is 1.72 bits per heavy atom. The number of amides is 1. The van der Waals surface area contributed by atoms with Crippen molar-refractivity contribution in [1.29, 1.82) is 0 Å². The molecular weight excluding hydrogens is 364 g/mol. The Kier molecular flexibility index (Phi) is 6.29. The van der Waals surface area contributed by atoms with E-state index in [1.54, 1.807) is 24.3 Å². The lowest BCUT2D eigenvalue weighted by Crippen LogP contribution is -2.24. The van der Waals surface area contributed by atoms with Gasteiger partial charge in [0.15, 0.2) is 0 Å². The molecule has 5 nitrogen and oxygen atoms in total. The van der Waals surface area contributed by atoms with E-state index in [-0.39, 0.29) is 11.5 Å². The molecule has 3 aromatic rings. The van der Waals surface area contributed by atoms with Crippen molar-refractivity contribution in [1.82, 2.24) is 0 Å². The van der Waals surface area contributed by atoms with E-state index in [1.807, 2.05) is 61.2 Å². The molecule has 0 aliphatic carbocycles. The number of carboxylic acid groups (broad SMARTS) is 1. The van der Waals surface area contributed by atoms with Crippen molar-refractivity contribution >= 4 is 23.3 Å². The van der Waals surface area contributed by atoms with Crippen molar-refractivity contribution < 1.29 is 14.7 Å². The summed E-state index contributed by atoms with van der Waals surface area (Å²) in [5, 5.41) is 12.5. The van der Waals surface area contributed by atoms with Crippen molar-refractivity contribution in [3.8, 4) is 0 Å². The van der Waals surface area contributed by atoms with Crippen LogP contribution in [0.1, 0.15) is 38.8 Å². The van der Waals surface area contributed by atoms with Crippen LogP contribution >= 0.6 is 0 Å². The first-order chi connectivity index (χ1) is 14.0. The zero-order valence-corrected chi connectivity index (χ0v) is 16.6. The first kappa shape index (κ1) is 20.1. The summed E-state index contributed by atoms with van der Waals surface area (Å²) in [5.41, 5.74) is 3.85. The van der Waals surface area contributed by atoms with Crippen LogP contribution in [0.5, 0.6) is 0 Å². The second kappa shape index (κ2) is 9.06. The van der Waals surface area contributed by atoms with E-state index in [0.29, 0.717) is 30.0 Å². The van der Waals surface area contributed by atoms with Gasteiger partial charge in [-0.25, -0.2) is 4.79 Å². The largest absolute Gasteiger partial charge is 0.478 e. The van der Waals surface area contributed by atoms with E-state index in [0.717, 1.165) is 11.1 Å². The van der Waals surface area contributed by atoms with Gasteiger partial charge in [-0.15, -0.1) is 0 Å². The minimum absolute atomic E-state index is 0.157. The van der Waals surface area contributed by atoms with Gasteiger partial charge in [0.1, 0.15) is 0 Å². The Hall–Kier alpha value is -3.60. The fourth-order valence-corrected chi connectivity index (χ4v) is 3.22. The maximum absolute atomic E-state index is 12.5. The van der Waals surface area contributed by atoms with Crippen LogP contribution in [0, 0.1) is 6.92 Å². The maximum Gasteiger partial charge on any atom is 0.337 e. The monoisotopic (exact) mass is 388 g/mol. The number of nitrogens with one attached hydrogen (secondary N) is 1. The second-order valence-electron chi connectivity index (χ2n) is 6.86. The van der Waals surface area contributed by atoms with E-state index in [4.69, 9.17) is 0 Å². The molecule has 3 aromatic carbocycles. The highest BCUT2D eigenvalue weighted by Gasteiger charge is 2.17. The van der Waals surface area contributed by atoms with Gasteiger partial charge in [0.2, 0.25) is 0 Å². The lowest BCUT2D eigenvalue weighted by atomic mass is 10.1. The lowest BCUT2D eigenvalue weighted by molar-refractivity contribution is 0.0697. The normalized spacial score (nSPS) is 10.4. The van der Waals surface area contributed by atoms with Crippen LogP contribution in [0.4, 0.5) is 11.4 Å². The minimum atomic E-state index is -1.03. The number of aromatic carboxylic acids is 1. The van der Waals surface area contributed by atoms with E-state index >= 15 is 0 Å². The van der Waals surface area contributed by atoms with Gasteiger partial charge in [0.05, 0.1) is 11.3 Å². The zero-order chi connectivity index (χ0) is 20.8. The highest BCUT2D eigenvalue weighted by Crippen LogP contribution is 2.26. The summed E-state index contributed by atoms with van der Waals surface area (Å²) in [4.78, 5) is 26.4. The van der Waals surface area contributed by atoms with Crippen LogP contribution in [-0.2, 0) is 6.54 Å². The topological polar surface area (TPSA) is 69.6 Å². The number of rotatable bonds is 7. The Labute approximate surface area is 170 Å². The van der Waals surface area contributed by atoms with Gasteiger partial charge < -0.3 is 15.3 Å². The Morgan fingerprint density at radius 1 is 0.966 bits per heavy atom. The zero-order valence-electron chi connectivity index (χ0n) is 16.6. The van der Waals surface area contributed by atoms with Crippen molar-refractivity contribution in [2.75, 3.05) is 16.8 Å². The summed E-state index contributed by atoms with van der Waals surface area (Å²) in [7, 11) is 0. The molecule has 5 heteroatoms. The van der Waals surface area contributed by atoms with Gasteiger partial charge in [-0.05, 0) is 49.7 Å². The Morgan fingerprint density at radius 3 is 2.38 bits per heavy atom. The average molecular weight is 388 g/mol. The van der Waals surface area contributed by atoms with Gasteiger partial charge in [0.25, 0.3) is 5.91 Å². The molecule has 148 valence electrons. The predicted octanol–water partition coefficient (Wildman–Crippen LogP) is 4.97. The maximum atomic E-state index is 12.5. The Bertz CT molecular complexity index is 1020. The molecule has 0 atom stereocenters. The predicted molar refractivity (Wildman–Crippen MR) is 116 cm³/mol. The molecule has 0 aliphatic rings. The quantitative estimate of drug-likeness (QED) is 0.599. The molecule has 0 saturated carbocycles. The third kappa shape index (κ3) is 5.02. The standard InChI is InChI=1S/C24H24N2O3/c1-3-26(16-18-9-5-4-6-10-18)22-13-12-20(15-21(22)24(28)29)25-23(27)19-11-7-8-17(2)14-19/h4-15H,3,16H2,1-2H3,(H,25,27)(H,28,29). The Balaban J connectivity index is 1.86. The average Bonchev–Trinajstić information content (AvgIpc) is 2.73. The molecule has 0 bridgehead atoms. The van der Waals surface area contributed by atoms with E-state index in [1.165, 1.54) is 6.07 Å². The van der Waals surface area contributed by atoms with Crippen molar-refractivity contribution in [3.63, 3.8) is 0 Å². The van der Waals surface area contributed by atoms with Gasteiger partial charge in [0, 0.05) is 24.3 Å². The molecule has 0 fully saturated rings. The molecule has 0 radical (unpaired) electrons. The number of carbonyl (C=O) groups is 2. The molecule has 0 aliphatic heterocycles. The number of nitrogens with zero attached hydrogens (tertiary/aromatic N) is 1. The first-order valence-electron chi connectivity index (χ1n) is 9.52. The molecule has 29 heavy (non-hydrogen) atoms. The summed E-state index contributed by atoms with van der Waals surface area (Å²) in [6.07, 6.45) is 0. The second-order valence-corrected chi connectivity index (χ2v) is 6.86. The number of hydrogen-bond acceptors (Lipinski definition) is 3. The molecular formula is C24H24N2O3. The molecule has 0 saturated heterocycles. The molecule has 0 aromatic heterocycles. The van der Waals surface area contributed by atoms with Crippen LogP contribution in [0.15, 0.2) is 72.8 Å². The molecule has 3 rings (SSSR count). The summed E-state index contributed by atoms with van der Waals surface area (Å²) in [5.74, 6) is -1.30. The van der Waals surface area contributed by atoms with Gasteiger partial charge in [-0.1, -0.05) is 48.0 Å². The number of aryl methyl sites for hydroxylation is 1. The molecule has 0 spiro atoms. The summed E-state index contributed by atoms with van der Waals surface area (Å²) in [6, 6.07) is 22.2. The number of carboxylic acids is 1. The van der Waals surface area contributed by atoms with Crippen molar-refractivity contribution in [2.24, 2.45) is 0 Å². The molecule has 0 heterocycles. The fraction of sp³-hybridized carbons (Fsp3) is 0.167. The van der Waals surface area contributed by atoms with E-state index in [2.05, 4.69) is 5.32 Å². The SMILES string of the molecule is CCN(Cc1ccccc1)c1ccc(NC(=O)c2cccc(C)c2)cc1C(=O)O.